The van der Waals surface area contributed by atoms with Gasteiger partial charge in [-0.2, -0.15) is 0 Å². The molecule has 0 saturated heterocycles. The van der Waals surface area contributed by atoms with E-state index < -0.39 is 16.6 Å². The van der Waals surface area contributed by atoms with Crippen molar-refractivity contribution in [2.75, 3.05) is 26.2 Å². The number of nitrogens with two attached hydrogens (primary N) is 4. The third kappa shape index (κ3) is 5.10. The summed E-state index contributed by atoms with van der Waals surface area (Å²) in [6.07, 6.45) is 0. The van der Waals surface area contributed by atoms with Gasteiger partial charge < -0.3 is 0 Å². The van der Waals surface area contributed by atoms with Crippen molar-refractivity contribution in [2.45, 2.75) is 18.9 Å². The average molecular weight is 224 g/mol. The van der Waals surface area contributed by atoms with Crippen molar-refractivity contribution >= 4 is 0 Å². The molecule has 80 valence electrons. The molecular formula is C8H24N4Ti. The molecule has 0 saturated carbocycles. The second-order valence-corrected chi connectivity index (χ2v) is 11.5. The van der Waals surface area contributed by atoms with Crippen LogP contribution in [0, 0.1) is 0 Å². The van der Waals surface area contributed by atoms with Crippen LogP contribution in [0.1, 0.15) is 0 Å². The fourth-order valence-corrected chi connectivity index (χ4v) is 8.14. The van der Waals surface area contributed by atoms with E-state index >= 15 is 0 Å². The molecule has 4 nitrogen and oxygen atoms in total. The van der Waals surface area contributed by atoms with Gasteiger partial charge in [0.2, 0.25) is 0 Å². The van der Waals surface area contributed by atoms with Crippen LogP contribution in [-0.4, -0.2) is 26.2 Å². The molecule has 8 N–H and O–H groups in total. The predicted molar refractivity (Wildman–Crippen MR) is 55.4 cm³/mol. The average Bonchev–Trinajstić information content (AvgIpc) is 2.06. The Bertz CT molecular complexity index is 91.2. The minimum atomic E-state index is -1.82. The van der Waals surface area contributed by atoms with Crippen LogP contribution in [-0.2, 0) is 16.6 Å². The van der Waals surface area contributed by atoms with Gasteiger partial charge in [0.15, 0.2) is 0 Å². The molecule has 0 radical (unpaired) electrons. The number of hydrogen-bond donors (Lipinski definition) is 4. The third-order valence-electron chi connectivity index (χ3n) is 2.70. The molecule has 0 bridgehead atoms. The van der Waals surface area contributed by atoms with Crippen molar-refractivity contribution < 1.29 is 16.6 Å². The normalized spacial score (nSPS) is 12.0. The first kappa shape index (κ1) is 13.6. The number of rotatable bonds is 8. The molecule has 0 aromatic carbocycles. The molecule has 0 aromatic heterocycles. The third-order valence-corrected chi connectivity index (χ3v) is 11.1. The van der Waals surface area contributed by atoms with Crippen LogP contribution in [0.2, 0.25) is 18.9 Å². The van der Waals surface area contributed by atoms with Crippen molar-refractivity contribution in [1.29, 1.82) is 0 Å². The summed E-state index contributed by atoms with van der Waals surface area (Å²) in [4.78, 5) is 0. The molecular weight excluding hydrogens is 200 g/mol. The second-order valence-electron chi connectivity index (χ2n) is 3.65. The predicted octanol–water partition coefficient (Wildman–Crippen LogP) is -0.352. The van der Waals surface area contributed by atoms with E-state index in [-0.39, 0.29) is 0 Å². The molecule has 5 heteroatoms. The molecule has 0 amide bonds. The van der Waals surface area contributed by atoms with Crippen LogP contribution in [0.3, 0.4) is 0 Å². The van der Waals surface area contributed by atoms with Gasteiger partial charge in [-0.05, 0) is 0 Å². The molecule has 0 unspecified atom stereocenters. The van der Waals surface area contributed by atoms with Gasteiger partial charge >= 0.3 is 84.6 Å². The quantitative estimate of drug-likeness (QED) is 0.423. The Labute approximate surface area is 84.8 Å². The van der Waals surface area contributed by atoms with E-state index in [0.717, 1.165) is 26.2 Å². The molecule has 13 heavy (non-hydrogen) atoms. The first-order valence-electron chi connectivity index (χ1n) is 5.05. The fraction of sp³-hybridized carbons (Fsp3) is 1.00. The summed E-state index contributed by atoms with van der Waals surface area (Å²) in [6, 6.07) is 0. The summed E-state index contributed by atoms with van der Waals surface area (Å²) >= 11 is -1.82. The van der Waals surface area contributed by atoms with Gasteiger partial charge in [-0.1, -0.05) is 0 Å². The molecule has 0 aliphatic rings. The second kappa shape index (κ2) is 7.91. The maximum absolute atomic E-state index is 5.63. The van der Waals surface area contributed by atoms with Crippen molar-refractivity contribution in [3.8, 4) is 0 Å². The Morgan fingerprint density at radius 2 is 0.769 bits per heavy atom. The van der Waals surface area contributed by atoms with Gasteiger partial charge in [0.25, 0.3) is 0 Å². The molecule has 0 aromatic rings. The van der Waals surface area contributed by atoms with E-state index in [2.05, 4.69) is 0 Å². The van der Waals surface area contributed by atoms with Crippen LogP contribution in [0.4, 0.5) is 0 Å². The van der Waals surface area contributed by atoms with Gasteiger partial charge in [0.05, 0.1) is 0 Å². The molecule has 0 atom stereocenters. The Morgan fingerprint density at radius 3 is 0.923 bits per heavy atom. The summed E-state index contributed by atoms with van der Waals surface area (Å²) in [5.41, 5.74) is 22.5. The van der Waals surface area contributed by atoms with Gasteiger partial charge in [-0.25, -0.2) is 0 Å². The number of hydrogen-bond acceptors (Lipinski definition) is 4. The van der Waals surface area contributed by atoms with Crippen LogP contribution in [0.15, 0.2) is 0 Å². The van der Waals surface area contributed by atoms with Gasteiger partial charge in [-0.3, -0.25) is 0 Å². The monoisotopic (exact) mass is 224 g/mol. The summed E-state index contributed by atoms with van der Waals surface area (Å²) in [6.45, 7) is 3.11. The van der Waals surface area contributed by atoms with Crippen molar-refractivity contribution in [3.05, 3.63) is 0 Å². The topological polar surface area (TPSA) is 104 Å². The van der Waals surface area contributed by atoms with E-state index in [9.17, 15) is 0 Å². The molecule has 0 aliphatic carbocycles. The van der Waals surface area contributed by atoms with E-state index in [1.54, 1.807) is 0 Å². The Balaban J connectivity index is 4.19. The van der Waals surface area contributed by atoms with E-state index in [1.165, 1.54) is 18.9 Å². The standard InChI is InChI=1S/4C2H6N.Ti/c4*1-2-3;/h4*1-3H2;. The zero-order valence-electron chi connectivity index (χ0n) is 8.47. The van der Waals surface area contributed by atoms with E-state index in [1.807, 2.05) is 0 Å². The first-order valence-corrected chi connectivity index (χ1v) is 9.46. The molecule has 0 spiro atoms. The summed E-state index contributed by atoms with van der Waals surface area (Å²) < 4.78 is 4.69. The van der Waals surface area contributed by atoms with Crippen LogP contribution in [0.25, 0.3) is 0 Å². The summed E-state index contributed by atoms with van der Waals surface area (Å²) in [5.74, 6) is 0. The van der Waals surface area contributed by atoms with Crippen LogP contribution < -0.4 is 22.9 Å². The van der Waals surface area contributed by atoms with E-state index in [0.29, 0.717) is 0 Å². The maximum atomic E-state index is 5.63. The molecule has 0 heterocycles. The summed E-state index contributed by atoms with van der Waals surface area (Å²) in [5, 5.41) is 0. The van der Waals surface area contributed by atoms with E-state index in [4.69, 9.17) is 22.9 Å². The Kier molecular flexibility index (Phi) is 8.25. The van der Waals surface area contributed by atoms with Crippen molar-refractivity contribution in [2.24, 2.45) is 22.9 Å². The van der Waals surface area contributed by atoms with Gasteiger partial charge in [-0.15, -0.1) is 0 Å². The zero-order chi connectivity index (χ0) is 10.2. The molecule has 0 aliphatic heterocycles. The molecule has 0 fully saturated rings. The SMILES string of the molecule is NC[CH2][Ti]([CH2]CN)([CH2]CN)[CH2]CN. The van der Waals surface area contributed by atoms with Crippen molar-refractivity contribution in [3.63, 3.8) is 0 Å². The Morgan fingerprint density at radius 1 is 0.538 bits per heavy atom. The molecule has 0 rings (SSSR count). The minimum absolute atomic E-state index is 0.778. The summed E-state index contributed by atoms with van der Waals surface area (Å²) in [7, 11) is 0. The van der Waals surface area contributed by atoms with Gasteiger partial charge in [0, 0.05) is 0 Å². The zero-order valence-corrected chi connectivity index (χ0v) is 10.0. The van der Waals surface area contributed by atoms with Gasteiger partial charge in [0.1, 0.15) is 0 Å². The first-order chi connectivity index (χ1) is 6.24. The van der Waals surface area contributed by atoms with Crippen LogP contribution in [0.5, 0.6) is 0 Å². The Hall–Kier alpha value is 0.554. The van der Waals surface area contributed by atoms with Crippen molar-refractivity contribution in [1.82, 2.24) is 0 Å². The fourth-order valence-electron chi connectivity index (χ4n) is 1.97. The van der Waals surface area contributed by atoms with Crippen LogP contribution >= 0.6 is 0 Å².